The van der Waals surface area contributed by atoms with E-state index in [1.54, 1.807) is 0 Å². The number of hydrogen-bond donors (Lipinski definition) is 0. The fourth-order valence-corrected chi connectivity index (χ4v) is 2.01. The van der Waals surface area contributed by atoms with Crippen molar-refractivity contribution in [1.82, 2.24) is 0 Å². The minimum atomic E-state index is -1.47. The van der Waals surface area contributed by atoms with Gasteiger partial charge >= 0.3 is 29.8 Å². The molecule has 0 aliphatic rings. The molecule has 0 radical (unpaired) electrons. The lowest BCUT2D eigenvalue weighted by molar-refractivity contribution is -0.194. The average molecular weight is 444 g/mol. The standard InChI is InChI=1S/C22H20O10/c1-6-7-8-9-10-11-12-21(27)29-14-20(31-17(4)25)22(32-18(5)26)19(30-16(3)24)13-28-15(2)23/h1,19-20,22H,13-14H2,2-5H3. The average Bonchev–Trinajstić information content (AvgIpc) is 2.68. The van der Waals surface area contributed by atoms with Crippen molar-refractivity contribution in [2.75, 3.05) is 13.2 Å². The molecule has 3 unspecified atom stereocenters. The van der Waals surface area contributed by atoms with Crippen LogP contribution in [0.3, 0.4) is 0 Å². The van der Waals surface area contributed by atoms with Gasteiger partial charge in [-0.1, -0.05) is 0 Å². The summed E-state index contributed by atoms with van der Waals surface area (Å²) in [7, 11) is 0. The van der Waals surface area contributed by atoms with Gasteiger partial charge in [-0.2, -0.15) is 0 Å². The van der Waals surface area contributed by atoms with E-state index in [9.17, 15) is 24.0 Å². The van der Waals surface area contributed by atoms with E-state index >= 15 is 0 Å². The van der Waals surface area contributed by atoms with Gasteiger partial charge in [0.2, 0.25) is 0 Å². The van der Waals surface area contributed by atoms with Crippen molar-refractivity contribution in [1.29, 1.82) is 0 Å². The van der Waals surface area contributed by atoms with Crippen LogP contribution in [-0.4, -0.2) is 61.4 Å². The highest BCUT2D eigenvalue weighted by Crippen LogP contribution is 2.16. The molecule has 0 amide bonds. The summed E-state index contributed by atoms with van der Waals surface area (Å²) >= 11 is 0. The molecule has 0 rings (SSSR count). The van der Waals surface area contributed by atoms with E-state index in [2.05, 4.69) is 29.6 Å². The van der Waals surface area contributed by atoms with Crippen LogP contribution in [0.4, 0.5) is 0 Å². The summed E-state index contributed by atoms with van der Waals surface area (Å²) in [4.78, 5) is 57.5. The highest BCUT2D eigenvalue weighted by atomic mass is 16.6. The quantitative estimate of drug-likeness (QED) is 0.199. The Balaban J connectivity index is 5.63. The summed E-state index contributed by atoms with van der Waals surface area (Å²) in [6, 6.07) is 0. The van der Waals surface area contributed by atoms with Gasteiger partial charge in [0.05, 0.1) is 0 Å². The fraction of sp³-hybridized carbons (Fsp3) is 0.409. The Bertz CT molecular complexity index is 952. The molecule has 3 atom stereocenters. The number of esters is 5. The number of hydrogen-bond acceptors (Lipinski definition) is 10. The summed E-state index contributed by atoms with van der Waals surface area (Å²) < 4.78 is 25.0. The molecule has 10 nitrogen and oxygen atoms in total. The molecule has 32 heavy (non-hydrogen) atoms. The van der Waals surface area contributed by atoms with E-state index in [-0.39, 0.29) is 0 Å². The smallest absolute Gasteiger partial charge is 0.385 e. The first kappa shape index (κ1) is 27.6. The largest absolute Gasteiger partial charge is 0.462 e. The Morgan fingerprint density at radius 3 is 1.59 bits per heavy atom. The van der Waals surface area contributed by atoms with Gasteiger partial charge in [0.25, 0.3) is 0 Å². The van der Waals surface area contributed by atoms with Crippen LogP contribution in [0.15, 0.2) is 0 Å². The summed E-state index contributed by atoms with van der Waals surface area (Å²) in [6.07, 6.45) is 0.649. The van der Waals surface area contributed by atoms with E-state index in [4.69, 9.17) is 30.1 Å². The maximum Gasteiger partial charge on any atom is 0.385 e. The summed E-state index contributed by atoms with van der Waals surface area (Å²) in [5.74, 6) is 11.1. The third kappa shape index (κ3) is 13.7. The number of carbonyl (C=O) groups is 5. The maximum absolute atomic E-state index is 11.8. The number of ether oxygens (including phenoxy) is 5. The molecule has 0 aliphatic carbocycles. The third-order valence-electron chi connectivity index (χ3n) is 2.99. The monoisotopic (exact) mass is 444 g/mol. The molecule has 0 N–H and O–H groups in total. The fourth-order valence-electron chi connectivity index (χ4n) is 2.01. The molecule has 0 aromatic carbocycles. The van der Waals surface area contributed by atoms with Crippen LogP contribution in [0.2, 0.25) is 0 Å². The van der Waals surface area contributed by atoms with E-state index in [0.29, 0.717) is 0 Å². The number of rotatable bonds is 9. The highest BCUT2D eigenvalue weighted by Gasteiger charge is 2.38. The van der Waals surface area contributed by atoms with E-state index in [1.165, 1.54) is 0 Å². The molecule has 10 heteroatoms. The molecule has 0 fully saturated rings. The molecule has 0 aromatic rings. The normalized spacial score (nSPS) is 11.5. The molecular formula is C22H20O10. The molecule has 0 aromatic heterocycles. The molecular weight excluding hydrogens is 424 g/mol. The van der Waals surface area contributed by atoms with Gasteiger partial charge in [-0.15, -0.1) is 6.42 Å². The molecule has 0 spiro atoms. The van der Waals surface area contributed by atoms with Crippen LogP contribution in [0.5, 0.6) is 0 Å². The number of terminal acetylenes is 1. The second kappa shape index (κ2) is 15.4. The molecule has 0 saturated heterocycles. The van der Waals surface area contributed by atoms with Gasteiger partial charge in [-0.05, 0) is 35.5 Å². The summed E-state index contributed by atoms with van der Waals surface area (Å²) in [6.45, 7) is 3.13. The van der Waals surface area contributed by atoms with E-state index < -0.39 is 61.4 Å². The first-order valence-electron chi connectivity index (χ1n) is 8.85. The SMILES string of the molecule is C#CC#CC#CC#CC(=O)OCC(OC(C)=O)C(OC(C)=O)C(COC(C)=O)OC(C)=O. The Labute approximate surface area is 185 Å². The van der Waals surface area contributed by atoms with Crippen molar-refractivity contribution in [2.24, 2.45) is 0 Å². The minimum Gasteiger partial charge on any atom is -0.462 e. The van der Waals surface area contributed by atoms with Crippen LogP contribution < -0.4 is 0 Å². The molecule has 0 bridgehead atoms. The molecule has 168 valence electrons. The van der Waals surface area contributed by atoms with Gasteiger partial charge in [0, 0.05) is 33.6 Å². The van der Waals surface area contributed by atoms with E-state index in [0.717, 1.165) is 27.7 Å². The lowest BCUT2D eigenvalue weighted by Crippen LogP contribution is -2.49. The number of carbonyl (C=O) groups excluding carboxylic acids is 5. The summed E-state index contributed by atoms with van der Waals surface area (Å²) in [5, 5.41) is 0. The zero-order valence-corrected chi connectivity index (χ0v) is 17.8. The van der Waals surface area contributed by atoms with Crippen molar-refractivity contribution in [3.63, 3.8) is 0 Å². The van der Waals surface area contributed by atoms with E-state index in [1.807, 2.05) is 11.8 Å². The van der Waals surface area contributed by atoms with Gasteiger partial charge in [0.1, 0.15) is 13.2 Å². The van der Waals surface area contributed by atoms with Crippen LogP contribution in [-0.2, 0) is 47.7 Å². The van der Waals surface area contributed by atoms with Gasteiger partial charge < -0.3 is 23.7 Å². The second-order valence-electron chi connectivity index (χ2n) is 5.67. The van der Waals surface area contributed by atoms with Crippen LogP contribution in [0, 0.1) is 47.9 Å². The molecule has 0 heterocycles. The molecule has 0 aliphatic heterocycles. The topological polar surface area (TPSA) is 132 Å². The maximum atomic E-state index is 11.8. The van der Waals surface area contributed by atoms with Gasteiger partial charge in [0.15, 0.2) is 18.3 Å². The Hall–Kier alpha value is -4.41. The van der Waals surface area contributed by atoms with Crippen LogP contribution in [0.25, 0.3) is 0 Å². The Morgan fingerprint density at radius 2 is 1.12 bits per heavy atom. The summed E-state index contributed by atoms with van der Waals surface area (Å²) in [5.41, 5.74) is 0. The van der Waals surface area contributed by atoms with Crippen LogP contribution in [0.1, 0.15) is 27.7 Å². The van der Waals surface area contributed by atoms with Gasteiger partial charge in [-0.25, -0.2) is 4.79 Å². The van der Waals surface area contributed by atoms with Crippen LogP contribution >= 0.6 is 0 Å². The van der Waals surface area contributed by atoms with Crippen molar-refractivity contribution >= 4 is 29.8 Å². The van der Waals surface area contributed by atoms with Crippen molar-refractivity contribution in [2.45, 2.75) is 46.0 Å². The van der Waals surface area contributed by atoms with Gasteiger partial charge in [-0.3, -0.25) is 19.2 Å². The Morgan fingerprint density at radius 1 is 0.656 bits per heavy atom. The molecule has 0 saturated carbocycles. The second-order valence-corrected chi connectivity index (χ2v) is 5.67. The predicted octanol–water partition coefficient (Wildman–Crippen LogP) is -0.469. The first-order chi connectivity index (χ1) is 15.1. The lowest BCUT2D eigenvalue weighted by Gasteiger charge is -2.31. The zero-order valence-electron chi connectivity index (χ0n) is 17.8. The lowest BCUT2D eigenvalue weighted by atomic mass is 10.1. The zero-order chi connectivity index (χ0) is 24.5. The van der Waals surface area contributed by atoms with Crippen molar-refractivity contribution in [3.8, 4) is 47.9 Å². The third-order valence-corrected chi connectivity index (χ3v) is 2.99. The van der Waals surface area contributed by atoms with Crippen molar-refractivity contribution < 1.29 is 47.7 Å². The first-order valence-corrected chi connectivity index (χ1v) is 8.85. The Kier molecular flexibility index (Phi) is 13.3. The van der Waals surface area contributed by atoms with Crippen molar-refractivity contribution in [3.05, 3.63) is 0 Å². The predicted molar refractivity (Wildman–Crippen MR) is 106 cm³/mol. The minimum absolute atomic E-state index is 0.521. The highest BCUT2D eigenvalue weighted by molar-refractivity contribution is 5.89.